The molecule has 0 bridgehead atoms. The lowest BCUT2D eigenvalue weighted by atomic mass is 9.98. The van der Waals surface area contributed by atoms with E-state index in [0.717, 1.165) is 28.8 Å². The monoisotopic (exact) mass is 538 g/mol. The molecule has 1 saturated heterocycles. The summed E-state index contributed by atoms with van der Waals surface area (Å²) in [6.45, 7) is 5.49. The number of rotatable bonds is 6. The molecule has 1 aliphatic heterocycles. The molecule has 4 rings (SSSR count). The fraction of sp³-hybridized carbons (Fsp3) is 0.417. The maximum atomic E-state index is 13.7. The van der Waals surface area contributed by atoms with E-state index >= 15 is 0 Å². The van der Waals surface area contributed by atoms with E-state index in [4.69, 9.17) is 27.9 Å². The minimum absolute atomic E-state index is 0.0755. The lowest BCUT2D eigenvalue weighted by Gasteiger charge is -2.31. The van der Waals surface area contributed by atoms with E-state index in [0.29, 0.717) is 12.1 Å². The first kappa shape index (κ1) is 25.6. The zero-order chi connectivity index (χ0) is 25.5. The van der Waals surface area contributed by atoms with Crippen LogP contribution in [0.2, 0.25) is 10.0 Å². The lowest BCUT2D eigenvalue weighted by molar-refractivity contribution is -0.154. The van der Waals surface area contributed by atoms with Crippen LogP contribution in [0.1, 0.15) is 33.6 Å². The second-order valence-electron chi connectivity index (χ2n) is 9.58. The SMILES string of the molecule is Cn1ccnc1N1CCC2=CC(N(CC(=O)OC(C)(C)C)S(=O)(=O)c3cc(Cl)cc(Cl)c3)=CCC21. The number of esters is 1. The standard InChI is InChI=1S/C24H28Cl2N4O4S/c1-24(2,3)34-22(31)15-30(35(32,33)20-13-17(25)12-18(26)14-20)19-5-6-21-16(11-19)7-9-29(21)23-27-8-10-28(23)4/h5,8,10-14,21H,6-7,9,15H2,1-4H3. The molecule has 1 fully saturated rings. The number of anilines is 1. The number of carbonyl (C=O) groups is 1. The number of fused-ring (bicyclic) bond motifs is 1. The molecule has 1 aromatic carbocycles. The summed E-state index contributed by atoms with van der Waals surface area (Å²) in [5.41, 5.74) is 0.739. The number of aryl methyl sites for hydroxylation is 1. The van der Waals surface area contributed by atoms with Gasteiger partial charge in [-0.3, -0.25) is 9.10 Å². The highest BCUT2D eigenvalue weighted by Gasteiger charge is 2.36. The molecule has 8 nitrogen and oxygen atoms in total. The number of sulfonamides is 1. The Hall–Kier alpha value is -2.49. The number of halogens is 2. The summed E-state index contributed by atoms with van der Waals surface area (Å²) in [5, 5.41) is 0.372. The fourth-order valence-corrected chi connectivity index (χ4v) is 6.50. The average molecular weight is 539 g/mol. The van der Waals surface area contributed by atoms with Gasteiger partial charge < -0.3 is 14.2 Å². The van der Waals surface area contributed by atoms with Crippen LogP contribution < -0.4 is 4.90 Å². The molecule has 0 saturated carbocycles. The second-order valence-corrected chi connectivity index (χ2v) is 12.3. The predicted molar refractivity (Wildman–Crippen MR) is 136 cm³/mol. The van der Waals surface area contributed by atoms with Gasteiger partial charge in [0.25, 0.3) is 10.0 Å². The van der Waals surface area contributed by atoms with Crippen LogP contribution in [0.5, 0.6) is 0 Å². The third kappa shape index (κ3) is 5.52. The molecule has 0 radical (unpaired) electrons. The van der Waals surface area contributed by atoms with Gasteiger partial charge >= 0.3 is 5.97 Å². The van der Waals surface area contributed by atoms with Crippen molar-refractivity contribution in [3.63, 3.8) is 0 Å². The molecule has 0 amide bonds. The van der Waals surface area contributed by atoms with Gasteiger partial charge in [-0.1, -0.05) is 29.3 Å². The Bertz CT molecular complexity index is 1290. The van der Waals surface area contributed by atoms with Crippen LogP contribution in [-0.2, 0) is 26.6 Å². The van der Waals surface area contributed by atoms with Gasteiger partial charge in [0.1, 0.15) is 12.1 Å². The Morgan fingerprint density at radius 1 is 1.23 bits per heavy atom. The van der Waals surface area contributed by atoms with Crippen LogP contribution in [0.15, 0.2) is 58.9 Å². The Labute approximate surface area is 215 Å². The Balaban J connectivity index is 1.69. The molecular formula is C24H28Cl2N4O4S. The molecule has 1 aromatic heterocycles. The minimum atomic E-state index is -4.17. The molecule has 188 valence electrons. The third-order valence-corrected chi connectivity index (χ3v) is 7.97. The minimum Gasteiger partial charge on any atom is -0.459 e. The highest BCUT2D eigenvalue weighted by molar-refractivity contribution is 7.89. The zero-order valence-electron chi connectivity index (χ0n) is 20.0. The number of imidazole rings is 1. The van der Waals surface area contributed by atoms with Crippen LogP contribution >= 0.6 is 23.2 Å². The van der Waals surface area contributed by atoms with E-state index in [9.17, 15) is 13.2 Å². The molecule has 0 spiro atoms. The van der Waals surface area contributed by atoms with E-state index in [-0.39, 0.29) is 21.0 Å². The number of hydrogen-bond acceptors (Lipinski definition) is 6. The summed E-state index contributed by atoms with van der Waals surface area (Å²) in [4.78, 5) is 19.3. The summed E-state index contributed by atoms with van der Waals surface area (Å²) in [7, 11) is -2.22. The van der Waals surface area contributed by atoms with Gasteiger partial charge in [0.05, 0.1) is 10.9 Å². The van der Waals surface area contributed by atoms with Crippen LogP contribution in [0, 0.1) is 0 Å². The Morgan fingerprint density at radius 2 is 1.91 bits per heavy atom. The molecule has 1 atom stereocenters. The van der Waals surface area contributed by atoms with Crippen LogP contribution in [0.25, 0.3) is 0 Å². The van der Waals surface area contributed by atoms with Gasteiger partial charge in [-0.15, -0.1) is 0 Å². The summed E-state index contributed by atoms with van der Waals surface area (Å²) >= 11 is 12.2. The molecule has 11 heteroatoms. The van der Waals surface area contributed by atoms with Crippen LogP contribution in [0.3, 0.4) is 0 Å². The van der Waals surface area contributed by atoms with Gasteiger partial charge in [-0.25, -0.2) is 13.4 Å². The number of nitrogens with zero attached hydrogens (tertiary/aromatic N) is 4. The van der Waals surface area contributed by atoms with Gasteiger partial charge in [-0.2, -0.15) is 0 Å². The van der Waals surface area contributed by atoms with Crippen molar-refractivity contribution in [1.29, 1.82) is 0 Å². The first-order chi connectivity index (χ1) is 16.3. The van der Waals surface area contributed by atoms with Crippen LogP contribution in [0.4, 0.5) is 5.95 Å². The predicted octanol–water partition coefficient (Wildman–Crippen LogP) is 4.55. The number of allylic oxidation sites excluding steroid dienone is 1. The van der Waals surface area contributed by atoms with E-state index in [1.807, 2.05) is 30.0 Å². The zero-order valence-corrected chi connectivity index (χ0v) is 22.4. The Kier molecular flexibility index (Phi) is 6.96. The van der Waals surface area contributed by atoms with E-state index < -0.39 is 28.1 Å². The van der Waals surface area contributed by atoms with Crippen molar-refractivity contribution in [2.24, 2.45) is 7.05 Å². The van der Waals surface area contributed by atoms with Crippen molar-refractivity contribution in [3.8, 4) is 0 Å². The molecule has 2 heterocycles. The van der Waals surface area contributed by atoms with Crippen molar-refractivity contribution in [2.45, 2.75) is 50.2 Å². The summed E-state index contributed by atoms with van der Waals surface area (Å²) in [6, 6.07) is 4.18. The van der Waals surface area contributed by atoms with Gasteiger partial charge in [0.15, 0.2) is 0 Å². The summed E-state index contributed by atoms with van der Waals surface area (Å²) in [5.74, 6) is 0.207. The van der Waals surface area contributed by atoms with E-state index in [2.05, 4.69) is 9.88 Å². The summed E-state index contributed by atoms with van der Waals surface area (Å²) < 4.78 is 35.9. The van der Waals surface area contributed by atoms with Crippen molar-refractivity contribution >= 4 is 45.1 Å². The van der Waals surface area contributed by atoms with Crippen molar-refractivity contribution in [3.05, 3.63) is 64.1 Å². The quantitative estimate of drug-likeness (QED) is 0.501. The van der Waals surface area contributed by atoms with Crippen molar-refractivity contribution in [2.75, 3.05) is 18.0 Å². The molecule has 0 N–H and O–H groups in total. The Morgan fingerprint density at radius 3 is 2.51 bits per heavy atom. The lowest BCUT2D eigenvalue weighted by Crippen LogP contribution is -2.39. The number of benzene rings is 1. The topological polar surface area (TPSA) is 84.7 Å². The first-order valence-corrected chi connectivity index (χ1v) is 13.4. The van der Waals surface area contributed by atoms with Crippen LogP contribution in [-0.4, -0.2) is 53.0 Å². The van der Waals surface area contributed by atoms with E-state index in [1.165, 1.54) is 18.2 Å². The number of carbonyl (C=O) groups excluding carboxylic acids is 1. The van der Waals surface area contributed by atoms with Gasteiger partial charge in [0, 0.05) is 41.7 Å². The number of aromatic nitrogens is 2. The van der Waals surface area contributed by atoms with Crippen molar-refractivity contribution < 1.29 is 17.9 Å². The molecule has 2 aromatic rings. The fourth-order valence-electron chi connectivity index (χ4n) is 4.36. The second kappa shape index (κ2) is 9.52. The largest absolute Gasteiger partial charge is 0.459 e. The first-order valence-electron chi connectivity index (χ1n) is 11.2. The molecule has 1 unspecified atom stereocenters. The highest BCUT2D eigenvalue weighted by atomic mass is 35.5. The van der Waals surface area contributed by atoms with Gasteiger partial charge in [0.2, 0.25) is 5.95 Å². The maximum Gasteiger partial charge on any atom is 0.327 e. The number of hydrogen-bond donors (Lipinski definition) is 0. The maximum absolute atomic E-state index is 13.7. The summed E-state index contributed by atoms with van der Waals surface area (Å²) in [6.07, 6.45) is 8.68. The molecule has 35 heavy (non-hydrogen) atoms. The third-order valence-electron chi connectivity index (χ3n) is 5.79. The molecular weight excluding hydrogens is 511 g/mol. The van der Waals surface area contributed by atoms with E-state index in [1.54, 1.807) is 27.0 Å². The molecule has 1 aliphatic carbocycles. The normalized spacial score (nSPS) is 18.1. The average Bonchev–Trinajstić information content (AvgIpc) is 3.35. The molecule has 2 aliphatic rings. The highest BCUT2D eigenvalue weighted by Crippen LogP contribution is 2.36. The van der Waals surface area contributed by atoms with Crippen molar-refractivity contribution in [1.82, 2.24) is 13.9 Å². The smallest absolute Gasteiger partial charge is 0.327 e. The van der Waals surface area contributed by atoms with Gasteiger partial charge in [-0.05, 0) is 63.5 Å². The number of ether oxygens (including phenoxy) is 1.